The maximum Gasteiger partial charge on any atom is 0.276 e. The van der Waals surface area contributed by atoms with Gasteiger partial charge >= 0.3 is 0 Å². The molecule has 0 N–H and O–H groups in total. The Morgan fingerprint density at radius 3 is 2.28 bits per heavy atom. The van der Waals surface area contributed by atoms with E-state index in [0.717, 1.165) is 4.42 Å². The number of nitrogens with zero attached hydrogens (tertiary/aromatic N) is 3. The lowest BCUT2D eigenvalue weighted by atomic mass is 10.2. The van der Waals surface area contributed by atoms with Crippen molar-refractivity contribution in [1.82, 2.24) is 0 Å². The first kappa shape index (κ1) is 24.9. The zero-order chi connectivity index (χ0) is 23.7. The van der Waals surface area contributed by atoms with E-state index in [4.69, 9.17) is 30.7 Å². The molecule has 0 aliphatic rings. The largest absolute Gasteiger partial charge is 0.493 e. The number of hydrogen-bond acceptors (Lipinski definition) is 8. The van der Waals surface area contributed by atoms with E-state index >= 15 is 0 Å². The number of carbonyl (C=O) groups is 2. The van der Waals surface area contributed by atoms with E-state index < -0.39 is 17.7 Å². The third-order valence-corrected chi connectivity index (χ3v) is 4.60. The number of halogens is 1. The number of ether oxygens (including phenoxy) is 4. The average molecular weight is 464 g/mol. The van der Waals surface area contributed by atoms with Crippen molar-refractivity contribution in [2.24, 2.45) is 10.2 Å². The molecule has 0 aromatic heterocycles. The average Bonchev–Trinajstić information content (AvgIpc) is 2.79. The number of para-hydroxylation sites is 1. The zero-order valence-electron chi connectivity index (χ0n) is 18.6. The van der Waals surface area contributed by atoms with E-state index in [2.05, 4.69) is 10.2 Å². The maximum atomic E-state index is 12.9. The van der Waals surface area contributed by atoms with Crippen LogP contribution in [0.5, 0.6) is 23.0 Å². The molecular formula is C22H26ClN3O6. The van der Waals surface area contributed by atoms with Gasteiger partial charge in [-0.25, -0.2) is 4.42 Å². The van der Waals surface area contributed by atoms with Crippen LogP contribution in [0, 0.1) is 0 Å². The van der Waals surface area contributed by atoms with E-state index in [-0.39, 0.29) is 5.69 Å². The molecule has 0 saturated carbocycles. The Kier molecular flexibility index (Phi) is 9.27. The van der Waals surface area contributed by atoms with Gasteiger partial charge in [0.15, 0.2) is 28.8 Å². The Labute approximate surface area is 192 Å². The van der Waals surface area contributed by atoms with Crippen LogP contribution in [-0.2, 0) is 9.59 Å². The second-order valence-corrected chi connectivity index (χ2v) is 6.70. The summed E-state index contributed by atoms with van der Waals surface area (Å²) in [5.41, 5.74) is 0.605. The first-order valence-electron chi connectivity index (χ1n) is 9.89. The molecule has 0 saturated heterocycles. The topological polar surface area (TPSA) is 99.0 Å². The summed E-state index contributed by atoms with van der Waals surface area (Å²) < 4.78 is 22.4. The highest BCUT2D eigenvalue weighted by molar-refractivity contribution is 6.39. The molecule has 10 heteroatoms. The number of rotatable bonds is 11. The zero-order valence-corrected chi connectivity index (χ0v) is 19.4. The second kappa shape index (κ2) is 11.9. The van der Waals surface area contributed by atoms with Crippen LogP contribution < -0.4 is 23.4 Å². The van der Waals surface area contributed by atoms with Crippen molar-refractivity contribution < 1.29 is 28.5 Å². The van der Waals surface area contributed by atoms with Crippen LogP contribution in [0.15, 0.2) is 46.6 Å². The van der Waals surface area contributed by atoms with Crippen molar-refractivity contribution in [2.45, 2.75) is 26.8 Å². The van der Waals surface area contributed by atoms with Crippen molar-refractivity contribution in [3.8, 4) is 23.0 Å². The Bertz CT molecular complexity index is 982. The van der Waals surface area contributed by atoms with Gasteiger partial charge < -0.3 is 18.9 Å². The number of carbonyl (C=O) groups excluding carboxylic acids is 2. The number of amides is 1. The highest BCUT2D eigenvalue weighted by Crippen LogP contribution is 2.38. The number of anilines is 1. The fourth-order valence-corrected chi connectivity index (χ4v) is 2.95. The molecular weight excluding hydrogens is 438 g/mol. The van der Waals surface area contributed by atoms with E-state index in [1.54, 1.807) is 30.3 Å². The summed E-state index contributed by atoms with van der Waals surface area (Å²) in [7, 11) is 2.95. The van der Waals surface area contributed by atoms with Crippen molar-refractivity contribution in [3.05, 3.63) is 36.4 Å². The third kappa shape index (κ3) is 5.88. The molecule has 0 heterocycles. The molecule has 1 amide bonds. The Morgan fingerprint density at radius 2 is 1.69 bits per heavy atom. The molecule has 9 nitrogen and oxygen atoms in total. The molecule has 2 aromatic rings. The molecule has 0 radical (unpaired) electrons. The van der Waals surface area contributed by atoms with Crippen molar-refractivity contribution >= 4 is 34.8 Å². The minimum Gasteiger partial charge on any atom is -0.493 e. The highest BCUT2D eigenvalue weighted by atomic mass is 35.5. The van der Waals surface area contributed by atoms with Crippen LogP contribution in [0.3, 0.4) is 0 Å². The number of azo groups is 1. The number of benzene rings is 2. The standard InChI is InChI=1S/C22H26ClN3O6/c1-6-31-18-10-8-9-16(21(18)32-7-2)24-25-20(14(3)27)22(28)26(23)15-11-12-17(29-4)19(13-15)30-5/h8-13,20H,6-7H2,1-5H3. The molecule has 2 rings (SSSR count). The summed E-state index contributed by atoms with van der Waals surface area (Å²) in [6.45, 7) is 5.71. The molecule has 0 aliphatic carbocycles. The molecule has 0 spiro atoms. The van der Waals surface area contributed by atoms with Gasteiger partial charge in [-0.15, -0.1) is 0 Å². The molecule has 1 unspecified atom stereocenters. The summed E-state index contributed by atoms with van der Waals surface area (Å²) in [5, 5.41) is 8.06. The normalized spacial score (nSPS) is 11.7. The van der Waals surface area contributed by atoms with Crippen LogP contribution >= 0.6 is 11.8 Å². The molecule has 1 atom stereocenters. The van der Waals surface area contributed by atoms with Gasteiger partial charge in [-0.3, -0.25) is 9.59 Å². The van der Waals surface area contributed by atoms with Crippen molar-refractivity contribution in [1.29, 1.82) is 0 Å². The van der Waals surface area contributed by atoms with Gasteiger partial charge in [0.1, 0.15) is 5.69 Å². The first-order valence-corrected chi connectivity index (χ1v) is 10.2. The van der Waals surface area contributed by atoms with E-state index in [1.807, 2.05) is 13.8 Å². The Morgan fingerprint density at radius 1 is 1.00 bits per heavy atom. The molecule has 2 aromatic carbocycles. The second-order valence-electron chi connectivity index (χ2n) is 6.36. The Balaban J connectivity index is 2.35. The van der Waals surface area contributed by atoms with Gasteiger partial charge in [0.25, 0.3) is 5.91 Å². The Hall–Kier alpha value is -3.33. The minimum atomic E-state index is -1.45. The lowest BCUT2D eigenvalue weighted by Crippen LogP contribution is -2.36. The highest BCUT2D eigenvalue weighted by Gasteiger charge is 2.29. The summed E-state index contributed by atoms with van der Waals surface area (Å²) in [5.74, 6) is 0.407. The van der Waals surface area contributed by atoms with Gasteiger partial charge in [0, 0.05) is 17.8 Å². The van der Waals surface area contributed by atoms with Gasteiger partial charge in [0.2, 0.25) is 6.04 Å². The maximum absolute atomic E-state index is 12.9. The fourth-order valence-electron chi connectivity index (χ4n) is 2.75. The first-order chi connectivity index (χ1) is 15.4. The van der Waals surface area contributed by atoms with Crippen molar-refractivity contribution in [2.75, 3.05) is 31.9 Å². The molecule has 0 bridgehead atoms. The van der Waals surface area contributed by atoms with Gasteiger partial charge in [0.05, 0.1) is 33.1 Å². The molecule has 0 fully saturated rings. The van der Waals surface area contributed by atoms with Gasteiger partial charge in [-0.1, -0.05) is 6.07 Å². The van der Waals surface area contributed by atoms with Gasteiger partial charge in [-0.05, 0) is 45.0 Å². The van der Waals surface area contributed by atoms with Gasteiger partial charge in [-0.2, -0.15) is 10.2 Å². The summed E-state index contributed by atoms with van der Waals surface area (Å²) in [6.07, 6.45) is 0. The van der Waals surface area contributed by atoms with Crippen LogP contribution in [0.4, 0.5) is 11.4 Å². The third-order valence-electron chi connectivity index (χ3n) is 4.23. The number of hydrogen-bond donors (Lipinski definition) is 0. The fraction of sp³-hybridized carbons (Fsp3) is 0.364. The summed E-state index contributed by atoms with van der Waals surface area (Å²) in [6, 6.07) is 8.30. The summed E-state index contributed by atoms with van der Waals surface area (Å²) in [4.78, 5) is 25.1. The van der Waals surface area contributed by atoms with E-state index in [1.165, 1.54) is 27.2 Å². The lowest BCUT2D eigenvalue weighted by molar-refractivity contribution is -0.126. The molecule has 172 valence electrons. The molecule has 0 aliphatic heterocycles. The van der Waals surface area contributed by atoms with Crippen LogP contribution in [0.1, 0.15) is 20.8 Å². The monoisotopic (exact) mass is 463 g/mol. The molecule has 32 heavy (non-hydrogen) atoms. The SMILES string of the molecule is CCOc1cccc(N=NC(C(C)=O)C(=O)N(Cl)c2ccc(OC)c(OC)c2)c1OCC. The quantitative estimate of drug-likeness (QED) is 0.271. The predicted octanol–water partition coefficient (Wildman–Crippen LogP) is 4.73. The van der Waals surface area contributed by atoms with E-state index in [0.29, 0.717) is 41.9 Å². The summed E-state index contributed by atoms with van der Waals surface area (Å²) >= 11 is 6.24. The van der Waals surface area contributed by atoms with Crippen LogP contribution in [-0.4, -0.2) is 45.2 Å². The number of Topliss-reactive ketones (excluding diaryl/α,β-unsaturated/α-hetero) is 1. The van der Waals surface area contributed by atoms with Crippen molar-refractivity contribution in [3.63, 3.8) is 0 Å². The predicted molar refractivity (Wildman–Crippen MR) is 121 cm³/mol. The minimum absolute atomic E-state index is 0.282. The van der Waals surface area contributed by atoms with E-state index in [9.17, 15) is 9.59 Å². The lowest BCUT2D eigenvalue weighted by Gasteiger charge is -2.18. The number of ketones is 1. The smallest absolute Gasteiger partial charge is 0.276 e. The number of methoxy groups -OCH3 is 2. The van der Waals surface area contributed by atoms with Crippen LogP contribution in [0.25, 0.3) is 0 Å². The van der Waals surface area contributed by atoms with Crippen LogP contribution in [0.2, 0.25) is 0 Å².